The van der Waals surface area contributed by atoms with Gasteiger partial charge in [-0.25, -0.2) is 0 Å². The summed E-state index contributed by atoms with van der Waals surface area (Å²) >= 11 is 5.75. The van der Waals surface area contributed by atoms with Crippen molar-refractivity contribution in [3.8, 4) is 5.75 Å². The second-order valence-electron chi connectivity index (χ2n) is 2.71. The van der Waals surface area contributed by atoms with Crippen molar-refractivity contribution in [1.82, 2.24) is 0 Å². The summed E-state index contributed by atoms with van der Waals surface area (Å²) < 4.78 is 5.13. The van der Waals surface area contributed by atoms with Gasteiger partial charge >= 0.3 is 0 Å². The second-order valence-corrected chi connectivity index (χ2v) is 3.15. The van der Waals surface area contributed by atoms with Gasteiger partial charge in [0.15, 0.2) is 6.61 Å². The maximum atomic E-state index is 10.5. The third-order valence-electron chi connectivity index (χ3n) is 1.62. The largest absolute Gasteiger partial charge is 0.483 e. The van der Waals surface area contributed by atoms with E-state index in [2.05, 4.69) is 0 Å². The molecule has 0 aliphatic carbocycles. The average Bonchev–Trinajstić information content (AvgIpc) is 2.15. The van der Waals surface area contributed by atoms with Crippen LogP contribution < -0.4 is 16.2 Å². The zero-order valence-corrected chi connectivity index (χ0v) is 8.25. The summed E-state index contributed by atoms with van der Waals surface area (Å²) in [7, 11) is 0. The molecule has 0 fully saturated rings. The monoisotopic (exact) mass is 214 g/mol. The number of rotatable bonds is 4. The number of carbonyl (C=O) groups excluding carboxylic acids is 1. The molecule has 0 atom stereocenters. The Balaban J connectivity index is 2.82. The molecule has 0 aromatic heterocycles. The Labute approximate surface area is 86.8 Å². The van der Waals surface area contributed by atoms with Crippen LogP contribution in [0.4, 0.5) is 0 Å². The summed E-state index contributed by atoms with van der Waals surface area (Å²) in [6.45, 7) is 0.151. The molecule has 76 valence electrons. The van der Waals surface area contributed by atoms with Crippen LogP contribution in [0.15, 0.2) is 18.2 Å². The molecule has 0 unspecified atom stereocenters. The Bertz CT molecular complexity index is 342. The SMILES string of the molecule is NCc1ccc(Cl)cc1OCC(N)=O. The first kappa shape index (κ1) is 10.8. The molecule has 0 heterocycles. The van der Waals surface area contributed by atoms with Crippen molar-refractivity contribution in [3.05, 3.63) is 28.8 Å². The molecular weight excluding hydrogens is 204 g/mol. The number of carbonyl (C=O) groups is 1. The molecule has 1 rings (SSSR count). The van der Waals surface area contributed by atoms with E-state index in [1.165, 1.54) is 0 Å². The summed E-state index contributed by atoms with van der Waals surface area (Å²) in [4.78, 5) is 10.5. The molecule has 1 aromatic carbocycles. The molecule has 1 amide bonds. The van der Waals surface area contributed by atoms with Crippen LogP contribution in [0.5, 0.6) is 5.75 Å². The molecule has 0 saturated carbocycles. The quantitative estimate of drug-likeness (QED) is 0.773. The Hall–Kier alpha value is -1.26. The predicted octanol–water partition coefficient (Wildman–Crippen LogP) is 0.663. The van der Waals surface area contributed by atoms with Gasteiger partial charge in [0.2, 0.25) is 0 Å². The molecular formula is C9H11ClN2O2. The lowest BCUT2D eigenvalue weighted by atomic mass is 10.2. The van der Waals surface area contributed by atoms with Crippen LogP contribution in [0.2, 0.25) is 5.02 Å². The number of hydrogen-bond donors (Lipinski definition) is 2. The minimum Gasteiger partial charge on any atom is -0.483 e. The van der Waals surface area contributed by atoms with Crippen molar-refractivity contribution in [3.63, 3.8) is 0 Å². The normalized spacial score (nSPS) is 9.86. The van der Waals surface area contributed by atoms with E-state index >= 15 is 0 Å². The van der Waals surface area contributed by atoms with Gasteiger partial charge in [-0.2, -0.15) is 0 Å². The van der Waals surface area contributed by atoms with Crippen LogP contribution in [0, 0.1) is 0 Å². The summed E-state index contributed by atoms with van der Waals surface area (Å²) in [6.07, 6.45) is 0. The van der Waals surface area contributed by atoms with Crippen molar-refractivity contribution in [2.75, 3.05) is 6.61 Å². The van der Waals surface area contributed by atoms with Crippen LogP contribution >= 0.6 is 11.6 Å². The lowest BCUT2D eigenvalue weighted by Gasteiger charge is -2.08. The number of benzene rings is 1. The molecule has 4 nitrogen and oxygen atoms in total. The molecule has 0 aliphatic rings. The second kappa shape index (κ2) is 4.83. The van der Waals surface area contributed by atoms with Gasteiger partial charge in [0.05, 0.1) is 0 Å². The molecule has 0 radical (unpaired) electrons. The van der Waals surface area contributed by atoms with Crippen LogP contribution in [0.1, 0.15) is 5.56 Å². The van der Waals surface area contributed by atoms with Crippen molar-refractivity contribution in [1.29, 1.82) is 0 Å². The van der Waals surface area contributed by atoms with Gasteiger partial charge in [-0.15, -0.1) is 0 Å². The maximum Gasteiger partial charge on any atom is 0.255 e. The zero-order chi connectivity index (χ0) is 10.6. The Morgan fingerprint density at radius 1 is 1.50 bits per heavy atom. The van der Waals surface area contributed by atoms with Gasteiger partial charge in [-0.05, 0) is 12.1 Å². The number of ether oxygens (including phenoxy) is 1. The van der Waals surface area contributed by atoms with Gasteiger partial charge in [0.1, 0.15) is 5.75 Å². The third kappa shape index (κ3) is 2.90. The van der Waals surface area contributed by atoms with E-state index < -0.39 is 5.91 Å². The average molecular weight is 215 g/mol. The Morgan fingerprint density at radius 2 is 2.21 bits per heavy atom. The maximum absolute atomic E-state index is 10.5. The molecule has 0 saturated heterocycles. The first-order valence-electron chi connectivity index (χ1n) is 4.03. The minimum atomic E-state index is -0.534. The summed E-state index contributed by atoms with van der Waals surface area (Å²) in [5.41, 5.74) is 11.2. The minimum absolute atomic E-state index is 0.173. The van der Waals surface area contributed by atoms with E-state index in [1.54, 1.807) is 18.2 Å². The van der Waals surface area contributed by atoms with E-state index in [1.807, 2.05) is 0 Å². The first-order chi connectivity index (χ1) is 6.63. The van der Waals surface area contributed by atoms with Gasteiger partial charge in [0, 0.05) is 17.1 Å². The molecule has 1 aromatic rings. The van der Waals surface area contributed by atoms with E-state index in [0.717, 1.165) is 5.56 Å². The number of amides is 1. The zero-order valence-electron chi connectivity index (χ0n) is 7.50. The fraction of sp³-hybridized carbons (Fsp3) is 0.222. The Morgan fingerprint density at radius 3 is 2.79 bits per heavy atom. The highest BCUT2D eigenvalue weighted by molar-refractivity contribution is 6.30. The smallest absolute Gasteiger partial charge is 0.255 e. The third-order valence-corrected chi connectivity index (χ3v) is 1.85. The molecule has 14 heavy (non-hydrogen) atoms. The van der Waals surface area contributed by atoms with Gasteiger partial charge < -0.3 is 16.2 Å². The van der Waals surface area contributed by atoms with Gasteiger partial charge in [-0.3, -0.25) is 4.79 Å². The summed E-state index contributed by atoms with van der Waals surface area (Å²) in [5.74, 6) is -0.0354. The van der Waals surface area contributed by atoms with Crippen molar-refractivity contribution < 1.29 is 9.53 Å². The number of halogens is 1. The van der Waals surface area contributed by atoms with Crippen molar-refractivity contribution >= 4 is 17.5 Å². The van der Waals surface area contributed by atoms with Crippen LogP contribution in [-0.2, 0) is 11.3 Å². The number of hydrogen-bond acceptors (Lipinski definition) is 3. The number of nitrogens with two attached hydrogens (primary N) is 2. The number of primary amides is 1. The van der Waals surface area contributed by atoms with E-state index in [4.69, 9.17) is 27.8 Å². The van der Waals surface area contributed by atoms with Crippen LogP contribution in [0.25, 0.3) is 0 Å². The topological polar surface area (TPSA) is 78.3 Å². The van der Waals surface area contributed by atoms with Crippen LogP contribution in [0.3, 0.4) is 0 Å². The standard InChI is InChI=1S/C9H11ClN2O2/c10-7-2-1-6(4-11)8(3-7)14-5-9(12)13/h1-3H,4-5,11H2,(H2,12,13). The van der Waals surface area contributed by atoms with E-state index in [9.17, 15) is 4.79 Å². The predicted molar refractivity (Wildman–Crippen MR) is 54.0 cm³/mol. The highest BCUT2D eigenvalue weighted by Gasteiger charge is 2.04. The van der Waals surface area contributed by atoms with Crippen LogP contribution in [-0.4, -0.2) is 12.5 Å². The van der Waals surface area contributed by atoms with Crippen molar-refractivity contribution in [2.24, 2.45) is 11.5 Å². The molecule has 4 N–H and O–H groups in total. The highest BCUT2D eigenvalue weighted by atomic mass is 35.5. The summed E-state index contributed by atoms with van der Waals surface area (Å²) in [5, 5.41) is 0.529. The van der Waals surface area contributed by atoms with E-state index in [-0.39, 0.29) is 6.61 Å². The van der Waals surface area contributed by atoms with E-state index in [0.29, 0.717) is 17.3 Å². The molecule has 0 spiro atoms. The van der Waals surface area contributed by atoms with Crippen molar-refractivity contribution in [2.45, 2.75) is 6.54 Å². The molecule has 0 aliphatic heterocycles. The Kier molecular flexibility index (Phi) is 3.73. The van der Waals surface area contributed by atoms with Gasteiger partial charge in [0.25, 0.3) is 5.91 Å². The summed E-state index contributed by atoms with van der Waals surface area (Å²) in [6, 6.07) is 5.06. The fourth-order valence-corrected chi connectivity index (χ4v) is 1.14. The van der Waals surface area contributed by atoms with Gasteiger partial charge in [-0.1, -0.05) is 17.7 Å². The lowest BCUT2D eigenvalue weighted by Crippen LogP contribution is -2.20. The first-order valence-corrected chi connectivity index (χ1v) is 4.41. The lowest BCUT2D eigenvalue weighted by molar-refractivity contribution is -0.119. The molecule has 5 heteroatoms. The highest BCUT2D eigenvalue weighted by Crippen LogP contribution is 2.22. The fourth-order valence-electron chi connectivity index (χ4n) is 0.980. The molecule has 0 bridgehead atoms.